The molecule has 0 amide bonds. The van der Waals surface area contributed by atoms with Crippen LogP contribution in [-0.2, 0) is 13.5 Å². The standard InChI is InChI=1S/C12H17F3N2O/c1-17-6-5-16-10(17)8-11(18)4-2-3-9(7-11)12(13,14)15/h5-6,9,18H,2-4,7-8H2,1H3. The first kappa shape index (κ1) is 13.4. The Balaban J connectivity index is 2.09. The normalized spacial score (nSPS) is 29.5. The zero-order valence-corrected chi connectivity index (χ0v) is 10.2. The Labute approximate surface area is 104 Å². The Kier molecular flexibility index (Phi) is 3.40. The number of aliphatic hydroxyl groups is 1. The molecule has 1 fully saturated rings. The molecule has 2 atom stereocenters. The topological polar surface area (TPSA) is 38.0 Å². The molecule has 0 saturated heterocycles. The molecule has 1 saturated carbocycles. The van der Waals surface area contributed by atoms with Gasteiger partial charge < -0.3 is 9.67 Å². The monoisotopic (exact) mass is 262 g/mol. The van der Waals surface area contributed by atoms with Gasteiger partial charge in [-0.25, -0.2) is 4.98 Å². The second-order valence-electron chi connectivity index (χ2n) is 5.19. The third-order valence-corrected chi connectivity index (χ3v) is 3.69. The third-order valence-electron chi connectivity index (χ3n) is 3.69. The van der Waals surface area contributed by atoms with Crippen LogP contribution in [-0.4, -0.2) is 26.4 Å². The van der Waals surface area contributed by atoms with Gasteiger partial charge in [-0.15, -0.1) is 0 Å². The molecule has 1 N–H and O–H groups in total. The number of hydrogen-bond acceptors (Lipinski definition) is 2. The fourth-order valence-corrected chi connectivity index (χ4v) is 2.64. The van der Waals surface area contributed by atoms with Gasteiger partial charge in [0.1, 0.15) is 5.82 Å². The molecular formula is C12H17F3N2O. The molecular weight excluding hydrogens is 245 g/mol. The first-order chi connectivity index (χ1) is 8.30. The van der Waals surface area contributed by atoms with E-state index in [9.17, 15) is 18.3 Å². The van der Waals surface area contributed by atoms with E-state index in [0.29, 0.717) is 18.7 Å². The van der Waals surface area contributed by atoms with Crippen molar-refractivity contribution in [3.8, 4) is 0 Å². The molecule has 102 valence electrons. The van der Waals surface area contributed by atoms with Gasteiger partial charge in [0.25, 0.3) is 0 Å². The predicted octanol–water partition coefficient (Wildman–Crippen LogP) is 2.45. The summed E-state index contributed by atoms with van der Waals surface area (Å²) in [6.07, 6.45) is -0.00207. The van der Waals surface area contributed by atoms with Crippen LogP contribution in [0.5, 0.6) is 0 Å². The van der Waals surface area contributed by atoms with Gasteiger partial charge in [-0.3, -0.25) is 0 Å². The predicted molar refractivity (Wildman–Crippen MR) is 59.9 cm³/mol. The van der Waals surface area contributed by atoms with E-state index in [1.54, 1.807) is 24.0 Å². The molecule has 2 rings (SSSR count). The highest BCUT2D eigenvalue weighted by Gasteiger charge is 2.47. The van der Waals surface area contributed by atoms with Gasteiger partial charge in [0.05, 0.1) is 11.5 Å². The van der Waals surface area contributed by atoms with Gasteiger partial charge >= 0.3 is 6.18 Å². The number of rotatable bonds is 2. The Morgan fingerprint density at radius 3 is 2.83 bits per heavy atom. The van der Waals surface area contributed by atoms with Crippen molar-refractivity contribution in [1.29, 1.82) is 0 Å². The van der Waals surface area contributed by atoms with Crippen molar-refractivity contribution in [2.24, 2.45) is 13.0 Å². The van der Waals surface area contributed by atoms with Crippen molar-refractivity contribution in [2.75, 3.05) is 0 Å². The van der Waals surface area contributed by atoms with Crippen molar-refractivity contribution in [1.82, 2.24) is 9.55 Å². The SMILES string of the molecule is Cn1ccnc1CC1(O)CCCC(C(F)(F)F)C1. The highest BCUT2D eigenvalue weighted by Crippen LogP contribution is 2.42. The summed E-state index contributed by atoms with van der Waals surface area (Å²) in [6, 6.07) is 0. The Morgan fingerprint density at radius 2 is 2.28 bits per heavy atom. The highest BCUT2D eigenvalue weighted by atomic mass is 19.4. The summed E-state index contributed by atoms with van der Waals surface area (Å²) in [6.45, 7) is 0. The summed E-state index contributed by atoms with van der Waals surface area (Å²) in [5.74, 6) is -0.767. The molecule has 0 aromatic carbocycles. The maximum absolute atomic E-state index is 12.7. The molecule has 0 spiro atoms. The Hall–Kier alpha value is -1.04. The molecule has 0 bridgehead atoms. The van der Waals surface area contributed by atoms with Crippen molar-refractivity contribution in [3.63, 3.8) is 0 Å². The van der Waals surface area contributed by atoms with E-state index in [0.717, 1.165) is 0 Å². The molecule has 1 aromatic heterocycles. The number of imidazole rings is 1. The molecule has 0 radical (unpaired) electrons. The Morgan fingerprint density at radius 1 is 1.56 bits per heavy atom. The largest absolute Gasteiger partial charge is 0.391 e. The van der Waals surface area contributed by atoms with Crippen molar-refractivity contribution in [2.45, 2.75) is 43.9 Å². The lowest BCUT2D eigenvalue weighted by Crippen LogP contribution is -2.42. The fourth-order valence-electron chi connectivity index (χ4n) is 2.64. The van der Waals surface area contributed by atoms with E-state index >= 15 is 0 Å². The molecule has 0 aliphatic heterocycles. The Bertz CT molecular complexity index is 416. The lowest BCUT2D eigenvalue weighted by molar-refractivity contribution is -0.200. The first-order valence-electron chi connectivity index (χ1n) is 6.05. The average molecular weight is 262 g/mol. The number of alkyl halides is 3. The van der Waals surface area contributed by atoms with Crippen LogP contribution in [0.1, 0.15) is 31.5 Å². The van der Waals surface area contributed by atoms with Gasteiger partial charge in [-0.1, -0.05) is 0 Å². The van der Waals surface area contributed by atoms with Crippen molar-refractivity contribution < 1.29 is 18.3 Å². The maximum Gasteiger partial charge on any atom is 0.391 e. The van der Waals surface area contributed by atoms with Gasteiger partial charge in [0, 0.05) is 25.9 Å². The molecule has 1 heterocycles. The highest BCUT2D eigenvalue weighted by molar-refractivity contribution is 5.00. The molecule has 1 aliphatic carbocycles. The fraction of sp³-hybridized carbons (Fsp3) is 0.750. The van der Waals surface area contributed by atoms with Crippen molar-refractivity contribution in [3.05, 3.63) is 18.2 Å². The van der Waals surface area contributed by atoms with E-state index in [1.807, 2.05) is 0 Å². The second kappa shape index (κ2) is 4.57. The van der Waals surface area contributed by atoms with E-state index in [4.69, 9.17) is 0 Å². The van der Waals surface area contributed by atoms with Gasteiger partial charge in [0.15, 0.2) is 0 Å². The summed E-state index contributed by atoms with van der Waals surface area (Å²) in [5, 5.41) is 10.3. The summed E-state index contributed by atoms with van der Waals surface area (Å²) in [7, 11) is 1.77. The summed E-state index contributed by atoms with van der Waals surface area (Å²) in [4.78, 5) is 4.06. The number of halogens is 3. The zero-order chi connectivity index (χ0) is 13.4. The minimum Gasteiger partial charge on any atom is -0.389 e. The number of nitrogens with zero attached hydrogens (tertiary/aromatic N) is 2. The smallest absolute Gasteiger partial charge is 0.389 e. The van der Waals surface area contributed by atoms with Gasteiger partial charge in [-0.05, 0) is 25.7 Å². The molecule has 1 aromatic rings. The van der Waals surface area contributed by atoms with E-state index in [2.05, 4.69) is 4.98 Å². The first-order valence-corrected chi connectivity index (χ1v) is 6.05. The molecule has 6 heteroatoms. The molecule has 18 heavy (non-hydrogen) atoms. The molecule has 3 nitrogen and oxygen atoms in total. The van der Waals surface area contributed by atoms with E-state index < -0.39 is 17.7 Å². The van der Waals surface area contributed by atoms with Crippen LogP contribution >= 0.6 is 0 Å². The van der Waals surface area contributed by atoms with Gasteiger partial charge in [-0.2, -0.15) is 13.2 Å². The minimum atomic E-state index is -4.21. The number of aromatic nitrogens is 2. The van der Waals surface area contributed by atoms with Crippen LogP contribution < -0.4 is 0 Å². The van der Waals surface area contributed by atoms with Crippen molar-refractivity contribution >= 4 is 0 Å². The van der Waals surface area contributed by atoms with E-state index in [-0.39, 0.29) is 19.3 Å². The average Bonchev–Trinajstić information content (AvgIpc) is 2.62. The third kappa shape index (κ3) is 2.85. The lowest BCUT2D eigenvalue weighted by atomic mass is 9.76. The summed E-state index contributed by atoms with van der Waals surface area (Å²) < 4.78 is 39.9. The van der Waals surface area contributed by atoms with Crippen LogP contribution in [0.2, 0.25) is 0 Å². The van der Waals surface area contributed by atoms with Crippen LogP contribution in [0.25, 0.3) is 0 Å². The minimum absolute atomic E-state index is 0.117. The number of aryl methyl sites for hydroxylation is 1. The second-order valence-corrected chi connectivity index (χ2v) is 5.19. The molecule has 1 aliphatic rings. The lowest BCUT2D eigenvalue weighted by Gasteiger charge is -2.37. The zero-order valence-electron chi connectivity index (χ0n) is 10.2. The van der Waals surface area contributed by atoms with Gasteiger partial charge in [0.2, 0.25) is 0 Å². The quantitative estimate of drug-likeness (QED) is 0.889. The summed E-state index contributed by atoms with van der Waals surface area (Å²) in [5.41, 5.74) is -1.28. The van der Waals surface area contributed by atoms with Crippen LogP contribution in [0.3, 0.4) is 0 Å². The maximum atomic E-state index is 12.7. The summed E-state index contributed by atoms with van der Waals surface area (Å²) >= 11 is 0. The number of hydrogen-bond donors (Lipinski definition) is 1. The molecule has 2 unspecified atom stereocenters. The van der Waals surface area contributed by atoms with Crippen LogP contribution in [0.15, 0.2) is 12.4 Å². The van der Waals surface area contributed by atoms with Crippen LogP contribution in [0.4, 0.5) is 13.2 Å². The van der Waals surface area contributed by atoms with Crippen LogP contribution in [0, 0.1) is 5.92 Å². The van der Waals surface area contributed by atoms with E-state index in [1.165, 1.54) is 0 Å².